The first kappa shape index (κ1) is 19.0. The van der Waals surface area contributed by atoms with E-state index in [-0.39, 0.29) is 11.9 Å². The number of nitrogens with one attached hydrogen (secondary N) is 1. The fourth-order valence-electron chi connectivity index (χ4n) is 2.93. The molecular weight excluding hydrogens is 362 g/mol. The highest BCUT2D eigenvalue weighted by atomic mass is 35.5. The maximum atomic E-state index is 12.6. The number of aromatic nitrogens is 2. The molecule has 1 unspecified atom stereocenters. The molecule has 140 valence electrons. The van der Waals surface area contributed by atoms with Gasteiger partial charge in [0, 0.05) is 24.4 Å². The van der Waals surface area contributed by atoms with Crippen molar-refractivity contribution in [3.8, 4) is 5.75 Å². The van der Waals surface area contributed by atoms with E-state index in [1.54, 1.807) is 16.8 Å². The molecule has 6 heteroatoms. The molecule has 0 saturated heterocycles. The predicted octanol–water partition coefficient (Wildman–Crippen LogP) is 4.45. The van der Waals surface area contributed by atoms with Crippen LogP contribution in [0.5, 0.6) is 5.75 Å². The fraction of sp³-hybridized carbons (Fsp3) is 0.238. The molecule has 0 saturated carbocycles. The Balaban J connectivity index is 1.66. The lowest BCUT2D eigenvalue weighted by Gasteiger charge is -2.14. The van der Waals surface area contributed by atoms with Gasteiger partial charge in [-0.2, -0.15) is 5.10 Å². The standard InChI is InChI=1S/C21H22ClN3O2/c1-14(18-12-25(3)24-15(18)2)23-21(26)17-8-6-7-16(11-17)13-27-20-10-5-4-9-19(20)22/h4-12,14H,13H2,1-3H3,(H,23,26). The van der Waals surface area contributed by atoms with Crippen molar-refractivity contribution in [3.63, 3.8) is 0 Å². The number of aryl methyl sites for hydroxylation is 2. The van der Waals surface area contributed by atoms with Gasteiger partial charge in [0.2, 0.25) is 0 Å². The van der Waals surface area contributed by atoms with Crippen LogP contribution >= 0.6 is 11.6 Å². The van der Waals surface area contributed by atoms with E-state index >= 15 is 0 Å². The van der Waals surface area contributed by atoms with Crippen LogP contribution in [0.1, 0.15) is 40.1 Å². The minimum atomic E-state index is -0.134. The van der Waals surface area contributed by atoms with Gasteiger partial charge in [-0.15, -0.1) is 0 Å². The lowest BCUT2D eigenvalue weighted by molar-refractivity contribution is 0.0939. The number of ether oxygens (including phenoxy) is 1. The molecular formula is C21H22ClN3O2. The number of halogens is 1. The Bertz CT molecular complexity index is 952. The predicted molar refractivity (Wildman–Crippen MR) is 106 cm³/mol. The topological polar surface area (TPSA) is 56.2 Å². The molecule has 3 aromatic rings. The number of benzene rings is 2. The number of amides is 1. The second-order valence-corrected chi connectivity index (χ2v) is 6.87. The highest BCUT2D eigenvalue weighted by Crippen LogP contribution is 2.24. The molecule has 3 rings (SSSR count). The van der Waals surface area contributed by atoms with Crippen LogP contribution in [0, 0.1) is 6.92 Å². The first-order chi connectivity index (χ1) is 12.9. The lowest BCUT2D eigenvalue weighted by atomic mass is 10.1. The zero-order valence-corrected chi connectivity index (χ0v) is 16.3. The highest BCUT2D eigenvalue weighted by molar-refractivity contribution is 6.32. The van der Waals surface area contributed by atoms with Gasteiger partial charge in [0.1, 0.15) is 12.4 Å². The molecule has 0 fully saturated rings. The number of para-hydroxylation sites is 1. The van der Waals surface area contributed by atoms with Crippen LogP contribution < -0.4 is 10.1 Å². The first-order valence-electron chi connectivity index (χ1n) is 8.71. The summed E-state index contributed by atoms with van der Waals surface area (Å²) in [5, 5.41) is 7.91. The molecule has 1 aromatic heterocycles. The Labute approximate surface area is 163 Å². The molecule has 0 spiro atoms. The molecule has 1 amide bonds. The third kappa shape index (κ3) is 4.68. The summed E-state index contributed by atoms with van der Waals surface area (Å²) >= 11 is 6.11. The molecule has 1 heterocycles. The maximum absolute atomic E-state index is 12.6. The molecule has 1 atom stereocenters. The Hall–Kier alpha value is -2.79. The van der Waals surface area contributed by atoms with E-state index in [0.29, 0.717) is 22.9 Å². The largest absolute Gasteiger partial charge is 0.487 e. The number of carbonyl (C=O) groups is 1. The zero-order chi connectivity index (χ0) is 19.4. The summed E-state index contributed by atoms with van der Waals surface area (Å²) < 4.78 is 7.50. The molecule has 2 aromatic carbocycles. The first-order valence-corrected chi connectivity index (χ1v) is 9.09. The smallest absolute Gasteiger partial charge is 0.251 e. The van der Waals surface area contributed by atoms with Gasteiger partial charge in [0.05, 0.1) is 16.8 Å². The molecule has 0 aliphatic rings. The number of carbonyl (C=O) groups excluding carboxylic acids is 1. The van der Waals surface area contributed by atoms with Crippen LogP contribution in [0.15, 0.2) is 54.7 Å². The van der Waals surface area contributed by atoms with Gasteiger partial charge < -0.3 is 10.1 Å². The molecule has 5 nitrogen and oxygen atoms in total. The third-order valence-electron chi connectivity index (χ3n) is 4.29. The summed E-state index contributed by atoms with van der Waals surface area (Å²) in [6, 6.07) is 14.6. The summed E-state index contributed by atoms with van der Waals surface area (Å²) in [4.78, 5) is 12.6. The molecule has 0 radical (unpaired) electrons. The Morgan fingerprint density at radius 2 is 2.04 bits per heavy atom. The van der Waals surface area contributed by atoms with E-state index in [9.17, 15) is 4.79 Å². The van der Waals surface area contributed by atoms with Crippen molar-refractivity contribution in [1.29, 1.82) is 0 Å². The van der Waals surface area contributed by atoms with Crippen LogP contribution in [-0.4, -0.2) is 15.7 Å². The summed E-state index contributed by atoms with van der Waals surface area (Å²) in [7, 11) is 1.87. The van der Waals surface area contributed by atoms with Crippen molar-refractivity contribution in [2.45, 2.75) is 26.5 Å². The fourth-order valence-corrected chi connectivity index (χ4v) is 3.12. The SMILES string of the molecule is Cc1nn(C)cc1C(C)NC(=O)c1cccc(COc2ccccc2Cl)c1. The van der Waals surface area contributed by atoms with Gasteiger partial charge in [-0.25, -0.2) is 0 Å². The lowest BCUT2D eigenvalue weighted by Crippen LogP contribution is -2.27. The number of hydrogen-bond acceptors (Lipinski definition) is 3. The number of nitrogens with zero attached hydrogens (tertiary/aromatic N) is 2. The minimum Gasteiger partial charge on any atom is -0.487 e. The second kappa shape index (κ2) is 8.27. The van der Waals surface area contributed by atoms with Crippen molar-refractivity contribution in [1.82, 2.24) is 15.1 Å². The Morgan fingerprint density at radius 3 is 2.74 bits per heavy atom. The quantitative estimate of drug-likeness (QED) is 0.684. The van der Waals surface area contributed by atoms with Crippen LogP contribution in [-0.2, 0) is 13.7 Å². The molecule has 0 aliphatic heterocycles. The number of hydrogen-bond donors (Lipinski definition) is 1. The van der Waals surface area contributed by atoms with Crippen LogP contribution in [0.3, 0.4) is 0 Å². The summed E-state index contributed by atoms with van der Waals surface area (Å²) in [6.45, 7) is 4.22. The highest BCUT2D eigenvalue weighted by Gasteiger charge is 2.15. The Morgan fingerprint density at radius 1 is 1.26 bits per heavy atom. The van der Waals surface area contributed by atoms with Crippen LogP contribution in [0.2, 0.25) is 5.02 Å². The van der Waals surface area contributed by atoms with Crippen LogP contribution in [0.25, 0.3) is 0 Å². The van der Waals surface area contributed by atoms with E-state index in [1.165, 1.54) is 0 Å². The van der Waals surface area contributed by atoms with Crippen molar-refractivity contribution in [3.05, 3.63) is 82.1 Å². The van der Waals surface area contributed by atoms with Crippen molar-refractivity contribution < 1.29 is 9.53 Å². The Kier molecular flexibility index (Phi) is 5.81. The molecule has 1 N–H and O–H groups in total. The monoisotopic (exact) mass is 383 g/mol. The summed E-state index contributed by atoms with van der Waals surface area (Å²) in [5.74, 6) is 0.486. The zero-order valence-electron chi connectivity index (χ0n) is 15.6. The van der Waals surface area contributed by atoms with E-state index in [0.717, 1.165) is 16.8 Å². The average molecular weight is 384 g/mol. The van der Waals surface area contributed by atoms with E-state index < -0.39 is 0 Å². The van der Waals surface area contributed by atoms with Crippen molar-refractivity contribution in [2.75, 3.05) is 0 Å². The third-order valence-corrected chi connectivity index (χ3v) is 4.60. The summed E-state index contributed by atoms with van der Waals surface area (Å²) in [6.07, 6.45) is 1.92. The molecule has 27 heavy (non-hydrogen) atoms. The van der Waals surface area contributed by atoms with E-state index in [4.69, 9.17) is 16.3 Å². The molecule has 0 bridgehead atoms. The van der Waals surface area contributed by atoms with E-state index in [2.05, 4.69) is 10.4 Å². The van der Waals surface area contributed by atoms with Gasteiger partial charge in [-0.05, 0) is 43.7 Å². The number of rotatable bonds is 6. The second-order valence-electron chi connectivity index (χ2n) is 6.46. The van der Waals surface area contributed by atoms with Gasteiger partial charge in [-0.3, -0.25) is 9.48 Å². The normalized spacial score (nSPS) is 11.9. The van der Waals surface area contributed by atoms with Gasteiger partial charge in [-0.1, -0.05) is 35.9 Å². The van der Waals surface area contributed by atoms with Crippen molar-refractivity contribution >= 4 is 17.5 Å². The van der Waals surface area contributed by atoms with Gasteiger partial charge in [0.25, 0.3) is 5.91 Å². The molecule has 0 aliphatic carbocycles. The average Bonchev–Trinajstić information content (AvgIpc) is 2.99. The minimum absolute atomic E-state index is 0.130. The maximum Gasteiger partial charge on any atom is 0.251 e. The van der Waals surface area contributed by atoms with Crippen molar-refractivity contribution in [2.24, 2.45) is 7.05 Å². The summed E-state index contributed by atoms with van der Waals surface area (Å²) in [5.41, 5.74) is 3.40. The van der Waals surface area contributed by atoms with Gasteiger partial charge in [0.15, 0.2) is 0 Å². The van der Waals surface area contributed by atoms with Gasteiger partial charge >= 0.3 is 0 Å². The van der Waals surface area contributed by atoms with Crippen LogP contribution in [0.4, 0.5) is 0 Å². The van der Waals surface area contributed by atoms with E-state index in [1.807, 2.05) is 63.5 Å².